The van der Waals surface area contributed by atoms with Gasteiger partial charge in [0.1, 0.15) is 11.6 Å². The van der Waals surface area contributed by atoms with E-state index in [4.69, 9.17) is 0 Å². The molecule has 0 aromatic heterocycles. The number of carbonyl (C=O) groups excluding carboxylic acids is 1. The van der Waals surface area contributed by atoms with Gasteiger partial charge in [0.25, 0.3) is 0 Å². The molecule has 0 aliphatic rings. The fourth-order valence-corrected chi connectivity index (χ4v) is 1.95. The Bertz CT molecular complexity index is 616. The maximum absolute atomic E-state index is 14.1. The van der Waals surface area contributed by atoms with Crippen LogP contribution in [0.5, 0.6) is 0 Å². The van der Waals surface area contributed by atoms with E-state index < -0.39 is 17.0 Å². The van der Waals surface area contributed by atoms with E-state index in [1.165, 1.54) is 36.4 Å². The molecule has 2 nitrogen and oxygen atoms in total. The van der Waals surface area contributed by atoms with Crippen molar-refractivity contribution in [3.05, 3.63) is 60.2 Å². The molecule has 2 aromatic rings. The molecule has 0 spiro atoms. The highest BCUT2D eigenvalue weighted by Gasteiger charge is 2.32. The van der Waals surface area contributed by atoms with E-state index in [2.05, 4.69) is 0 Å². The molecule has 0 saturated heterocycles. The highest BCUT2D eigenvalue weighted by atomic mass is 19.1. The lowest BCUT2D eigenvalue weighted by Gasteiger charge is -2.30. The monoisotopic (exact) mass is 289 g/mol. The summed E-state index contributed by atoms with van der Waals surface area (Å²) in [4.78, 5) is 13.8. The minimum absolute atomic E-state index is 0.0440. The zero-order valence-corrected chi connectivity index (χ0v) is 12.2. The Morgan fingerprint density at radius 1 is 0.857 bits per heavy atom. The van der Waals surface area contributed by atoms with E-state index >= 15 is 0 Å². The average molecular weight is 289 g/mol. The molecule has 0 bridgehead atoms. The van der Waals surface area contributed by atoms with Gasteiger partial charge in [-0.25, -0.2) is 8.78 Å². The smallest absolute Gasteiger partial charge is 0.237 e. The maximum Gasteiger partial charge on any atom is 0.237 e. The second-order valence-electron chi connectivity index (χ2n) is 5.79. The molecule has 21 heavy (non-hydrogen) atoms. The molecular formula is C17H17F2NO. The van der Waals surface area contributed by atoms with Gasteiger partial charge in [0.2, 0.25) is 5.91 Å². The van der Waals surface area contributed by atoms with Crippen LogP contribution in [-0.2, 0) is 4.79 Å². The van der Waals surface area contributed by atoms with Gasteiger partial charge in [-0.3, -0.25) is 9.69 Å². The Morgan fingerprint density at radius 2 is 1.24 bits per heavy atom. The number of rotatable bonds is 2. The number of nitrogens with zero attached hydrogens (tertiary/aromatic N) is 1. The van der Waals surface area contributed by atoms with Crippen LogP contribution in [0.2, 0.25) is 0 Å². The summed E-state index contributed by atoms with van der Waals surface area (Å²) in [6, 6.07) is 11.7. The summed E-state index contributed by atoms with van der Waals surface area (Å²) < 4.78 is 28.2. The predicted octanol–water partition coefficient (Wildman–Crippen LogP) is 4.68. The molecule has 0 fully saturated rings. The van der Waals surface area contributed by atoms with Crippen molar-refractivity contribution in [2.75, 3.05) is 4.90 Å². The van der Waals surface area contributed by atoms with Gasteiger partial charge in [0, 0.05) is 5.41 Å². The van der Waals surface area contributed by atoms with Crippen molar-refractivity contribution >= 4 is 17.3 Å². The molecule has 0 aliphatic heterocycles. The number of para-hydroxylation sites is 2. The average Bonchev–Trinajstić information content (AvgIpc) is 2.42. The number of halogens is 2. The molecular weight excluding hydrogens is 272 g/mol. The minimum Gasteiger partial charge on any atom is -0.275 e. The van der Waals surface area contributed by atoms with Crippen molar-refractivity contribution in [3.8, 4) is 0 Å². The Kier molecular flexibility index (Phi) is 4.07. The van der Waals surface area contributed by atoms with Crippen LogP contribution in [0, 0.1) is 17.0 Å². The molecule has 4 heteroatoms. The fraction of sp³-hybridized carbons (Fsp3) is 0.235. The third kappa shape index (κ3) is 3.10. The highest BCUT2D eigenvalue weighted by molar-refractivity contribution is 6.03. The van der Waals surface area contributed by atoms with E-state index in [0.29, 0.717) is 0 Å². The van der Waals surface area contributed by atoms with Crippen molar-refractivity contribution in [3.63, 3.8) is 0 Å². The fourth-order valence-electron chi connectivity index (χ4n) is 1.95. The minimum atomic E-state index is -0.773. The van der Waals surface area contributed by atoms with Crippen LogP contribution in [0.3, 0.4) is 0 Å². The molecule has 0 heterocycles. The van der Waals surface area contributed by atoms with E-state index in [-0.39, 0.29) is 17.3 Å². The van der Waals surface area contributed by atoms with Gasteiger partial charge in [0.05, 0.1) is 11.4 Å². The van der Waals surface area contributed by atoms with E-state index in [1.54, 1.807) is 32.9 Å². The van der Waals surface area contributed by atoms with Crippen molar-refractivity contribution in [1.82, 2.24) is 0 Å². The molecule has 2 aromatic carbocycles. The zero-order valence-electron chi connectivity index (χ0n) is 12.2. The lowest BCUT2D eigenvalue weighted by atomic mass is 9.94. The van der Waals surface area contributed by atoms with Crippen LogP contribution in [-0.4, -0.2) is 5.91 Å². The number of amides is 1. The predicted molar refractivity (Wildman–Crippen MR) is 79.4 cm³/mol. The van der Waals surface area contributed by atoms with E-state index in [1.807, 2.05) is 0 Å². The summed E-state index contributed by atoms with van der Waals surface area (Å²) in [5, 5.41) is 0. The number of hydrogen-bond acceptors (Lipinski definition) is 1. The Balaban J connectivity index is 2.64. The summed E-state index contributed by atoms with van der Waals surface area (Å²) in [6.07, 6.45) is 0. The van der Waals surface area contributed by atoms with Gasteiger partial charge in [-0.05, 0) is 24.3 Å². The number of benzene rings is 2. The first kappa shape index (κ1) is 15.2. The first-order valence-corrected chi connectivity index (χ1v) is 6.66. The van der Waals surface area contributed by atoms with Crippen LogP contribution in [0.15, 0.2) is 48.5 Å². The van der Waals surface area contributed by atoms with E-state index in [0.717, 1.165) is 4.90 Å². The zero-order chi connectivity index (χ0) is 15.6. The van der Waals surface area contributed by atoms with Crippen LogP contribution in [0.25, 0.3) is 0 Å². The second kappa shape index (κ2) is 5.64. The number of anilines is 2. The molecule has 0 radical (unpaired) electrons. The quantitative estimate of drug-likeness (QED) is 0.786. The van der Waals surface area contributed by atoms with Gasteiger partial charge >= 0.3 is 0 Å². The molecule has 0 atom stereocenters. The molecule has 0 N–H and O–H groups in total. The Labute approximate surface area is 123 Å². The van der Waals surface area contributed by atoms with Crippen molar-refractivity contribution < 1.29 is 13.6 Å². The Morgan fingerprint density at radius 3 is 1.57 bits per heavy atom. The summed E-state index contributed by atoms with van der Waals surface area (Å²) in [6.45, 7) is 5.14. The third-order valence-corrected chi connectivity index (χ3v) is 3.03. The third-order valence-electron chi connectivity index (χ3n) is 3.03. The molecule has 0 aliphatic carbocycles. The molecule has 2 rings (SSSR count). The lowest BCUT2D eigenvalue weighted by Crippen LogP contribution is -2.37. The van der Waals surface area contributed by atoms with Crippen LogP contribution < -0.4 is 4.90 Å². The summed E-state index contributed by atoms with van der Waals surface area (Å²) in [5.41, 5.74) is -0.685. The largest absolute Gasteiger partial charge is 0.275 e. The summed E-state index contributed by atoms with van der Waals surface area (Å²) in [7, 11) is 0. The van der Waals surface area contributed by atoms with Crippen molar-refractivity contribution in [2.45, 2.75) is 20.8 Å². The first-order chi connectivity index (χ1) is 9.82. The number of hydrogen-bond donors (Lipinski definition) is 0. The SMILES string of the molecule is CC(C)(C)C(=O)N(c1ccccc1F)c1ccccc1F. The van der Waals surface area contributed by atoms with E-state index in [9.17, 15) is 13.6 Å². The van der Waals surface area contributed by atoms with Crippen molar-refractivity contribution in [1.29, 1.82) is 0 Å². The van der Waals surface area contributed by atoms with Crippen molar-refractivity contribution in [2.24, 2.45) is 5.41 Å². The van der Waals surface area contributed by atoms with Crippen LogP contribution >= 0.6 is 0 Å². The van der Waals surface area contributed by atoms with Crippen LogP contribution in [0.1, 0.15) is 20.8 Å². The molecule has 0 saturated carbocycles. The summed E-state index contributed by atoms with van der Waals surface area (Å²) >= 11 is 0. The Hall–Kier alpha value is -2.23. The van der Waals surface area contributed by atoms with Gasteiger partial charge in [-0.1, -0.05) is 45.0 Å². The topological polar surface area (TPSA) is 20.3 Å². The highest BCUT2D eigenvalue weighted by Crippen LogP contribution is 2.34. The lowest BCUT2D eigenvalue weighted by molar-refractivity contribution is -0.125. The van der Waals surface area contributed by atoms with Gasteiger partial charge < -0.3 is 0 Å². The molecule has 110 valence electrons. The maximum atomic E-state index is 14.1. The van der Waals surface area contributed by atoms with Crippen LogP contribution in [0.4, 0.5) is 20.2 Å². The molecule has 0 unspecified atom stereocenters. The van der Waals surface area contributed by atoms with Gasteiger partial charge in [-0.15, -0.1) is 0 Å². The normalized spacial score (nSPS) is 11.3. The molecule has 1 amide bonds. The summed E-state index contributed by atoms with van der Waals surface area (Å²) in [5.74, 6) is -1.52. The van der Waals surface area contributed by atoms with Gasteiger partial charge in [0.15, 0.2) is 0 Å². The number of carbonyl (C=O) groups is 1. The van der Waals surface area contributed by atoms with Gasteiger partial charge in [-0.2, -0.15) is 0 Å². The standard InChI is InChI=1S/C17H17F2NO/c1-17(2,3)16(21)20(14-10-6-4-8-12(14)18)15-11-7-5-9-13(15)19/h4-11H,1-3H3. The first-order valence-electron chi connectivity index (χ1n) is 6.66. The second-order valence-corrected chi connectivity index (χ2v) is 5.79.